The predicted molar refractivity (Wildman–Crippen MR) is 60.0 cm³/mol. The Morgan fingerprint density at radius 1 is 1.06 bits per heavy atom. The number of pyridine rings is 1. The molecule has 0 bridgehead atoms. The zero-order valence-electron chi connectivity index (χ0n) is 8.98. The molecule has 2 rings (SSSR count). The molecule has 0 aliphatic heterocycles. The summed E-state index contributed by atoms with van der Waals surface area (Å²) in [6.07, 6.45) is 0.719. The summed E-state index contributed by atoms with van der Waals surface area (Å²) >= 11 is 0. The molecule has 2 aromatic rings. The average Bonchev–Trinajstić information content (AvgIpc) is 2.25. The SMILES string of the molecule is Cc1ccc(Cc2ccccc2)[n-]c1=O.[Re]. The standard InChI is InChI=1S/C13H13NO.Re/c1-10-7-8-12(14-13(10)15)9-11-5-3-2-4-6-11;/h2-8H,9H2,1H3,(H,14,15);/p-1. The number of nitrogens with zero attached hydrogens (tertiary/aromatic N) is 1. The fraction of sp³-hybridized carbons (Fsp3) is 0.154. The Balaban J connectivity index is 0.00000128. The van der Waals surface area contributed by atoms with Crippen LogP contribution in [0.1, 0.15) is 16.8 Å². The third kappa shape index (κ3) is 3.16. The minimum Gasteiger partial charge on any atom is -0.626 e. The molecule has 1 aromatic heterocycles. The minimum atomic E-state index is -0.122. The molecule has 0 saturated heterocycles. The van der Waals surface area contributed by atoms with Crippen molar-refractivity contribution in [3.63, 3.8) is 0 Å². The monoisotopic (exact) mass is 385 g/mol. The van der Waals surface area contributed by atoms with E-state index in [4.69, 9.17) is 0 Å². The molecule has 2 nitrogen and oxygen atoms in total. The van der Waals surface area contributed by atoms with Crippen LogP contribution < -0.4 is 10.5 Å². The van der Waals surface area contributed by atoms with E-state index < -0.39 is 0 Å². The number of benzene rings is 1. The summed E-state index contributed by atoms with van der Waals surface area (Å²) in [5, 5.41) is 0. The summed E-state index contributed by atoms with van der Waals surface area (Å²) in [6.45, 7) is 1.78. The van der Waals surface area contributed by atoms with Crippen LogP contribution in [0.5, 0.6) is 0 Å². The second kappa shape index (κ2) is 5.79. The second-order valence-corrected chi connectivity index (χ2v) is 3.59. The molecule has 0 aliphatic carbocycles. The number of hydrogen-bond acceptors (Lipinski definition) is 1. The Bertz CT molecular complexity index is 505. The van der Waals surface area contributed by atoms with E-state index in [9.17, 15) is 4.79 Å². The van der Waals surface area contributed by atoms with Gasteiger partial charge in [-0.2, -0.15) is 5.69 Å². The van der Waals surface area contributed by atoms with E-state index in [0.717, 1.165) is 12.1 Å². The summed E-state index contributed by atoms with van der Waals surface area (Å²) in [5.41, 5.74) is 2.58. The Morgan fingerprint density at radius 2 is 1.75 bits per heavy atom. The average molecular weight is 384 g/mol. The van der Waals surface area contributed by atoms with Crippen molar-refractivity contribution >= 4 is 0 Å². The van der Waals surface area contributed by atoms with Crippen LogP contribution in [0.4, 0.5) is 0 Å². The summed E-state index contributed by atoms with van der Waals surface area (Å²) < 4.78 is 0. The van der Waals surface area contributed by atoms with E-state index in [-0.39, 0.29) is 26.0 Å². The first-order valence-electron chi connectivity index (χ1n) is 4.93. The Labute approximate surface area is 108 Å². The molecule has 0 aliphatic rings. The van der Waals surface area contributed by atoms with Gasteiger partial charge in [0.15, 0.2) is 0 Å². The van der Waals surface area contributed by atoms with Gasteiger partial charge in [0.25, 0.3) is 0 Å². The molecular formula is C13H12NORe-. The summed E-state index contributed by atoms with van der Waals surface area (Å²) in [5.74, 6) is 0. The first kappa shape index (κ1) is 12.9. The van der Waals surface area contributed by atoms with Crippen molar-refractivity contribution in [2.45, 2.75) is 13.3 Å². The van der Waals surface area contributed by atoms with E-state index in [1.54, 1.807) is 6.92 Å². The van der Waals surface area contributed by atoms with Gasteiger partial charge in [-0.1, -0.05) is 42.5 Å². The van der Waals surface area contributed by atoms with Gasteiger partial charge in [-0.15, -0.1) is 0 Å². The van der Waals surface area contributed by atoms with E-state index in [0.29, 0.717) is 5.56 Å². The fourth-order valence-corrected chi connectivity index (χ4v) is 1.45. The molecule has 1 aromatic carbocycles. The minimum absolute atomic E-state index is 0. The molecule has 3 heteroatoms. The molecule has 0 atom stereocenters. The number of aryl methyl sites for hydroxylation is 1. The molecular weight excluding hydrogens is 372 g/mol. The quantitative estimate of drug-likeness (QED) is 0.792. The molecule has 0 spiro atoms. The Morgan fingerprint density at radius 3 is 2.38 bits per heavy atom. The van der Waals surface area contributed by atoms with Crippen LogP contribution in [0.3, 0.4) is 0 Å². The van der Waals surface area contributed by atoms with Gasteiger partial charge in [0.2, 0.25) is 0 Å². The molecule has 0 fully saturated rings. The summed E-state index contributed by atoms with van der Waals surface area (Å²) in [7, 11) is 0. The maximum Gasteiger partial charge on any atom is 0.0807 e. The number of hydrogen-bond donors (Lipinski definition) is 0. The Kier molecular flexibility index (Phi) is 4.67. The first-order valence-corrected chi connectivity index (χ1v) is 4.93. The van der Waals surface area contributed by atoms with Crippen molar-refractivity contribution in [3.8, 4) is 0 Å². The molecule has 0 saturated carbocycles. The zero-order valence-corrected chi connectivity index (χ0v) is 11.7. The smallest absolute Gasteiger partial charge is 0.0807 e. The predicted octanol–water partition coefficient (Wildman–Crippen LogP) is 1.90. The molecule has 0 N–H and O–H groups in total. The maximum absolute atomic E-state index is 11.3. The normalized spacial score (nSPS) is 9.56. The van der Waals surface area contributed by atoms with Gasteiger partial charge in [0.05, 0.1) is 5.56 Å². The van der Waals surface area contributed by atoms with E-state index >= 15 is 0 Å². The third-order valence-electron chi connectivity index (χ3n) is 2.34. The van der Waals surface area contributed by atoms with Crippen molar-refractivity contribution in [2.75, 3.05) is 0 Å². The van der Waals surface area contributed by atoms with Crippen LogP contribution in [0.2, 0.25) is 0 Å². The Hall–Kier alpha value is -1.17. The maximum atomic E-state index is 11.3. The first-order chi connectivity index (χ1) is 7.25. The zero-order chi connectivity index (χ0) is 10.7. The van der Waals surface area contributed by atoms with Crippen molar-refractivity contribution in [2.24, 2.45) is 0 Å². The molecule has 16 heavy (non-hydrogen) atoms. The second-order valence-electron chi connectivity index (χ2n) is 3.59. The largest absolute Gasteiger partial charge is 0.626 e. The van der Waals surface area contributed by atoms with Crippen molar-refractivity contribution in [1.82, 2.24) is 4.98 Å². The van der Waals surface area contributed by atoms with Crippen LogP contribution in [0, 0.1) is 6.92 Å². The van der Waals surface area contributed by atoms with E-state index in [2.05, 4.69) is 4.98 Å². The molecule has 1 heterocycles. The van der Waals surface area contributed by atoms with E-state index in [1.807, 2.05) is 42.5 Å². The fourth-order valence-electron chi connectivity index (χ4n) is 1.45. The van der Waals surface area contributed by atoms with Crippen LogP contribution in [-0.4, -0.2) is 0 Å². The van der Waals surface area contributed by atoms with Gasteiger partial charge in [0.1, 0.15) is 0 Å². The van der Waals surface area contributed by atoms with Crippen LogP contribution in [0.25, 0.3) is 0 Å². The van der Waals surface area contributed by atoms with Crippen molar-refractivity contribution in [3.05, 3.63) is 69.6 Å². The van der Waals surface area contributed by atoms with Crippen LogP contribution >= 0.6 is 0 Å². The summed E-state index contributed by atoms with van der Waals surface area (Å²) in [4.78, 5) is 15.3. The van der Waals surface area contributed by atoms with Gasteiger partial charge in [-0.3, -0.25) is 0 Å². The van der Waals surface area contributed by atoms with Gasteiger partial charge < -0.3 is 9.78 Å². The van der Waals surface area contributed by atoms with Crippen molar-refractivity contribution in [1.29, 1.82) is 0 Å². The number of aromatic nitrogens is 1. The molecule has 0 amide bonds. The van der Waals surface area contributed by atoms with Gasteiger partial charge in [-0.25, -0.2) is 0 Å². The summed E-state index contributed by atoms with van der Waals surface area (Å²) in [6, 6.07) is 13.8. The van der Waals surface area contributed by atoms with Gasteiger partial charge in [-0.05, 0) is 24.5 Å². The van der Waals surface area contributed by atoms with Crippen LogP contribution in [-0.2, 0) is 26.8 Å². The van der Waals surface area contributed by atoms with Crippen LogP contribution in [0.15, 0.2) is 47.3 Å². The molecule has 83 valence electrons. The van der Waals surface area contributed by atoms with Crippen molar-refractivity contribution < 1.29 is 20.4 Å². The van der Waals surface area contributed by atoms with E-state index in [1.165, 1.54) is 5.56 Å². The topological polar surface area (TPSA) is 31.2 Å². The van der Waals surface area contributed by atoms with Gasteiger partial charge in [0, 0.05) is 20.4 Å². The van der Waals surface area contributed by atoms with Gasteiger partial charge >= 0.3 is 0 Å². The molecule has 1 radical (unpaired) electrons. The number of rotatable bonds is 2. The molecule has 0 unspecified atom stereocenters. The third-order valence-corrected chi connectivity index (χ3v) is 2.34.